The zero-order valence-electron chi connectivity index (χ0n) is 15.6. The molecule has 1 aliphatic heterocycles. The van der Waals surface area contributed by atoms with E-state index in [1.54, 1.807) is 0 Å². The number of esters is 3. The average Bonchev–Trinajstić information content (AvgIpc) is 2.58. The molecule has 8 nitrogen and oxygen atoms in total. The lowest BCUT2D eigenvalue weighted by Crippen LogP contribution is -2.55. The van der Waals surface area contributed by atoms with Crippen molar-refractivity contribution >= 4 is 29.7 Å². The Labute approximate surface area is 168 Å². The number of halogens is 3. The van der Waals surface area contributed by atoms with Crippen LogP contribution >= 0.6 is 11.8 Å². The van der Waals surface area contributed by atoms with Crippen LogP contribution in [-0.2, 0) is 34.8 Å². The SMILES string of the molecule is CC(=O)O[C@@H]1[C@@H](OC(C)=O)[C@@H](Oc2ccc(C(F)(F)F)nc2)SC[C@H]1OC(C)=O. The van der Waals surface area contributed by atoms with Crippen LogP contribution in [0.25, 0.3) is 0 Å². The molecule has 1 aliphatic rings. The van der Waals surface area contributed by atoms with Crippen molar-refractivity contribution in [2.45, 2.75) is 50.7 Å². The van der Waals surface area contributed by atoms with E-state index < -0.39 is 53.5 Å². The van der Waals surface area contributed by atoms with E-state index in [0.29, 0.717) is 0 Å². The van der Waals surface area contributed by atoms with Gasteiger partial charge in [0.05, 0.1) is 6.20 Å². The Balaban J connectivity index is 2.25. The largest absolute Gasteiger partial charge is 0.474 e. The molecule has 2 rings (SSSR count). The average molecular weight is 437 g/mol. The molecule has 1 aromatic heterocycles. The third-order valence-electron chi connectivity index (χ3n) is 3.58. The molecule has 0 saturated carbocycles. The van der Waals surface area contributed by atoms with Crippen molar-refractivity contribution in [2.75, 3.05) is 5.75 Å². The second-order valence-electron chi connectivity index (χ2n) is 5.99. The predicted molar refractivity (Wildman–Crippen MR) is 92.8 cm³/mol. The number of hydrogen-bond donors (Lipinski definition) is 0. The summed E-state index contributed by atoms with van der Waals surface area (Å²) in [5, 5.41) is 0. The molecular weight excluding hydrogens is 419 g/mol. The molecule has 0 aliphatic carbocycles. The van der Waals surface area contributed by atoms with Crippen LogP contribution in [0.1, 0.15) is 26.5 Å². The first kappa shape index (κ1) is 22.8. The van der Waals surface area contributed by atoms with E-state index in [1.165, 1.54) is 6.92 Å². The molecule has 2 heterocycles. The molecule has 0 spiro atoms. The molecular formula is C17H18F3NO7S. The number of carbonyl (C=O) groups is 3. The summed E-state index contributed by atoms with van der Waals surface area (Å²) < 4.78 is 59.1. The number of ether oxygens (including phenoxy) is 4. The second-order valence-corrected chi connectivity index (χ2v) is 7.12. The molecule has 1 aromatic rings. The van der Waals surface area contributed by atoms with Crippen LogP contribution in [0.3, 0.4) is 0 Å². The summed E-state index contributed by atoms with van der Waals surface area (Å²) in [6.45, 7) is 3.43. The first-order chi connectivity index (χ1) is 13.5. The van der Waals surface area contributed by atoms with Gasteiger partial charge in [-0.1, -0.05) is 0 Å². The van der Waals surface area contributed by atoms with Gasteiger partial charge in [0, 0.05) is 26.5 Å². The van der Waals surface area contributed by atoms with Crippen molar-refractivity contribution in [1.82, 2.24) is 4.98 Å². The summed E-state index contributed by atoms with van der Waals surface area (Å²) in [6.07, 6.45) is -6.96. The van der Waals surface area contributed by atoms with Gasteiger partial charge in [0.15, 0.2) is 23.7 Å². The minimum Gasteiger partial charge on any atom is -0.474 e. The highest BCUT2D eigenvalue weighted by Gasteiger charge is 2.47. The zero-order chi connectivity index (χ0) is 21.8. The molecule has 0 amide bonds. The number of alkyl halides is 3. The summed E-state index contributed by atoms with van der Waals surface area (Å²) in [5.41, 5.74) is -2.04. The van der Waals surface area contributed by atoms with Crippen molar-refractivity contribution in [3.63, 3.8) is 0 Å². The number of carbonyl (C=O) groups excluding carboxylic acids is 3. The molecule has 12 heteroatoms. The zero-order valence-corrected chi connectivity index (χ0v) is 16.4. The van der Waals surface area contributed by atoms with Crippen molar-refractivity contribution in [3.8, 4) is 5.75 Å². The fourth-order valence-electron chi connectivity index (χ4n) is 2.56. The van der Waals surface area contributed by atoms with Gasteiger partial charge in [0.25, 0.3) is 0 Å². The van der Waals surface area contributed by atoms with Gasteiger partial charge in [0.2, 0.25) is 0 Å². The fourth-order valence-corrected chi connectivity index (χ4v) is 3.78. The van der Waals surface area contributed by atoms with E-state index in [1.807, 2.05) is 0 Å². The number of aromatic nitrogens is 1. The molecule has 0 unspecified atom stereocenters. The van der Waals surface area contributed by atoms with Gasteiger partial charge in [-0.25, -0.2) is 4.98 Å². The van der Waals surface area contributed by atoms with Gasteiger partial charge in [-0.2, -0.15) is 13.2 Å². The van der Waals surface area contributed by atoms with Crippen molar-refractivity contribution < 1.29 is 46.5 Å². The molecule has 0 N–H and O–H groups in total. The van der Waals surface area contributed by atoms with Crippen LogP contribution in [0.2, 0.25) is 0 Å². The van der Waals surface area contributed by atoms with Gasteiger partial charge in [-0.05, 0) is 12.1 Å². The maximum Gasteiger partial charge on any atom is 0.433 e. The van der Waals surface area contributed by atoms with E-state index in [4.69, 9.17) is 18.9 Å². The normalized spacial score (nSPS) is 24.3. The Morgan fingerprint density at radius 3 is 2.07 bits per heavy atom. The monoisotopic (exact) mass is 437 g/mol. The van der Waals surface area contributed by atoms with Crippen LogP contribution in [0, 0.1) is 0 Å². The standard InChI is InChI=1S/C17H18F3NO7S/c1-8(22)25-12-7-29-16(15(27-10(3)24)14(12)26-9(2)23)28-11-4-5-13(21-6-11)17(18,19)20/h4-6,12,14-16H,7H2,1-3H3/t12-,14+,15-,16+/m1/s1. The smallest absolute Gasteiger partial charge is 0.433 e. The van der Waals surface area contributed by atoms with Gasteiger partial charge in [0.1, 0.15) is 11.4 Å². The molecule has 160 valence electrons. The highest BCUT2D eigenvalue weighted by Crippen LogP contribution is 2.35. The first-order valence-corrected chi connectivity index (χ1v) is 9.35. The summed E-state index contributed by atoms with van der Waals surface area (Å²) in [6, 6.07) is 1.81. The topological polar surface area (TPSA) is 101 Å². The number of pyridine rings is 1. The van der Waals surface area contributed by atoms with E-state index in [-0.39, 0.29) is 11.5 Å². The van der Waals surface area contributed by atoms with Gasteiger partial charge in [-0.15, -0.1) is 11.8 Å². The Kier molecular flexibility index (Phi) is 7.33. The summed E-state index contributed by atoms with van der Waals surface area (Å²) in [7, 11) is 0. The van der Waals surface area contributed by atoms with Crippen LogP contribution in [-0.4, -0.2) is 52.4 Å². The maximum absolute atomic E-state index is 12.6. The molecule has 0 bridgehead atoms. The highest BCUT2D eigenvalue weighted by molar-refractivity contribution is 7.99. The molecule has 1 fully saturated rings. The van der Waals surface area contributed by atoms with Crippen molar-refractivity contribution in [1.29, 1.82) is 0 Å². The lowest BCUT2D eigenvalue weighted by atomic mass is 10.1. The maximum atomic E-state index is 12.6. The molecule has 0 aromatic carbocycles. The third-order valence-corrected chi connectivity index (χ3v) is 4.80. The fraction of sp³-hybridized carbons (Fsp3) is 0.529. The van der Waals surface area contributed by atoms with Crippen LogP contribution < -0.4 is 4.74 Å². The number of rotatable bonds is 5. The third kappa shape index (κ3) is 6.51. The van der Waals surface area contributed by atoms with E-state index in [2.05, 4.69) is 4.98 Å². The predicted octanol–water partition coefficient (Wildman–Crippen LogP) is 2.35. The molecule has 4 atom stereocenters. The summed E-state index contributed by atoms with van der Waals surface area (Å²) in [4.78, 5) is 37.7. The Hall–Kier alpha value is -2.50. The lowest BCUT2D eigenvalue weighted by molar-refractivity contribution is -0.186. The van der Waals surface area contributed by atoms with Crippen LogP contribution in [0.4, 0.5) is 13.2 Å². The van der Waals surface area contributed by atoms with Gasteiger partial charge < -0.3 is 18.9 Å². The van der Waals surface area contributed by atoms with E-state index >= 15 is 0 Å². The number of thioether (sulfide) groups is 1. The van der Waals surface area contributed by atoms with E-state index in [0.717, 1.165) is 43.9 Å². The van der Waals surface area contributed by atoms with Crippen molar-refractivity contribution in [3.05, 3.63) is 24.0 Å². The minimum atomic E-state index is -4.60. The number of nitrogens with zero attached hydrogens (tertiary/aromatic N) is 1. The molecule has 29 heavy (non-hydrogen) atoms. The van der Waals surface area contributed by atoms with Crippen LogP contribution in [0.5, 0.6) is 5.75 Å². The highest BCUT2D eigenvalue weighted by atomic mass is 32.2. The number of hydrogen-bond acceptors (Lipinski definition) is 9. The summed E-state index contributed by atoms with van der Waals surface area (Å²) >= 11 is 1.08. The Morgan fingerprint density at radius 1 is 1.00 bits per heavy atom. The first-order valence-electron chi connectivity index (χ1n) is 8.30. The van der Waals surface area contributed by atoms with Crippen molar-refractivity contribution in [2.24, 2.45) is 0 Å². The Bertz CT molecular complexity index is 756. The van der Waals surface area contributed by atoms with Crippen LogP contribution in [0.15, 0.2) is 18.3 Å². The van der Waals surface area contributed by atoms with E-state index in [9.17, 15) is 27.6 Å². The van der Waals surface area contributed by atoms with Gasteiger partial charge in [-0.3, -0.25) is 14.4 Å². The Morgan fingerprint density at radius 2 is 1.59 bits per heavy atom. The molecule has 0 radical (unpaired) electrons. The van der Waals surface area contributed by atoms with Gasteiger partial charge >= 0.3 is 24.1 Å². The second kappa shape index (κ2) is 9.33. The quantitative estimate of drug-likeness (QED) is 0.507. The lowest BCUT2D eigenvalue weighted by Gasteiger charge is -2.39. The summed E-state index contributed by atoms with van der Waals surface area (Å²) in [5.74, 6) is -1.92. The minimum absolute atomic E-state index is 0.0137. The molecule has 1 saturated heterocycles.